The molecule has 0 amide bonds. The van der Waals surface area contributed by atoms with Crippen LogP contribution in [0.25, 0.3) is 0 Å². The van der Waals surface area contributed by atoms with E-state index < -0.39 is 71.0 Å². The van der Waals surface area contributed by atoms with E-state index in [0.717, 1.165) is 0 Å². The van der Waals surface area contributed by atoms with Gasteiger partial charge in [-0.05, 0) is 0 Å². The van der Waals surface area contributed by atoms with Crippen LogP contribution in [-0.4, -0.2) is 80.9 Å². The van der Waals surface area contributed by atoms with E-state index in [9.17, 15) is 89.0 Å². The molecule has 0 saturated carbocycles. The molecule has 0 aliphatic carbocycles. The molecule has 0 aromatic carbocycles. The Morgan fingerprint density at radius 1 is 0.343 bits per heavy atom. The number of alkyl halides is 17. The fraction of sp³-hybridized carbons (Fsp3) is 0.750. The maximum absolute atomic E-state index is 13.9. The Hall–Kier alpha value is -2.78. The molecule has 0 unspecified atom stereocenters. The van der Waals surface area contributed by atoms with E-state index in [-0.39, 0.29) is 0 Å². The third-order valence-corrected chi connectivity index (χ3v) is 4.16. The van der Waals surface area contributed by atoms with Crippen LogP contribution >= 0.6 is 0 Å². The molecule has 0 aromatic heterocycles. The van der Waals surface area contributed by atoms with Crippen molar-refractivity contribution >= 4 is 17.9 Å². The fourth-order valence-corrected chi connectivity index (χ4v) is 2.08. The fourth-order valence-electron chi connectivity index (χ4n) is 2.08. The van der Waals surface area contributed by atoms with Gasteiger partial charge in [0.05, 0.1) is 0 Å². The van der Waals surface area contributed by atoms with Crippen molar-refractivity contribution in [3.63, 3.8) is 0 Å². The quantitative estimate of drug-likeness (QED) is 0.270. The van der Waals surface area contributed by atoms with E-state index in [0.29, 0.717) is 0 Å². The van der Waals surface area contributed by atoms with Gasteiger partial charge in [-0.3, -0.25) is 14.4 Å². The average molecular weight is 566 g/mol. The number of rotatable bonds is 10. The number of aliphatic carboxylic acids is 3. The summed E-state index contributed by atoms with van der Waals surface area (Å²) in [6.07, 6.45) is -8.00. The molecule has 0 bridgehead atoms. The maximum atomic E-state index is 13.9. The van der Waals surface area contributed by atoms with Gasteiger partial charge in [0.25, 0.3) is 0 Å². The minimum atomic E-state index is -9.13. The van der Waals surface area contributed by atoms with Crippen LogP contribution in [-0.2, 0) is 14.4 Å². The lowest BCUT2D eigenvalue weighted by Gasteiger charge is -2.44. The monoisotopic (exact) mass is 566 g/mol. The van der Waals surface area contributed by atoms with Crippen LogP contribution in [0.15, 0.2) is 0 Å². The van der Waals surface area contributed by atoms with Crippen molar-refractivity contribution in [2.45, 2.75) is 47.6 Å². The lowest BCUT2D eigenvalue weighted by Crippen LogP contribution is -2.77. The van der Waals surface area contributed by atoms with Crippen LogP contribution in [0.2, 0.25) is 0 Å². The average Bonchev–Trinajstić information content (AvgIpc) is 2.58. The van der Waals surface area contributed by atoms with E-state index in [4.69, 9.17) is 15.3 Å². The summed E-state index contributed by atoms with van der Waals surface area (Å²) in [6.45, 7) is 0. The molecule has 0 saturated heterocycles. The minimum absolute atomic E-state index is 4.28. The molecule has 0 rings (SSSR count). The zero-order valence-electron chi connectivity index (χ0n) is 15.0. The van der Waals surface area contributed by atoms with Gasteiger partial charge in [-0.15, -0.1) is 0 Å². The van der Waals surface area contributed by atoms with E-state index in [2.05, 4.69) is 0 Å². The molecule has 0 aliphatic heterocycles. The van der Waals surface area contributed by atoms with Crippen LogP contribution in [0.4, 0.5) is 74.6 Å². The summed E-state index contributed by atoms with van der Waals surface area (Å²) >= 11 is 0. The first-order valence-electron chi connectivity index (χ1n) is 7.25. The Balaban J connectivity index is 7.41. The van der Waals surface area contributed by atoms with Gasteiger partial charge in [0.2, 0.25) is 0 Å². The first-order valence-corrected chi connectivity index (χ1v) is 7.25. The highest BCUT2D eigenvalue weighted by molar-refractivity contribution is 6.17. The highest BCUT2D eigenvalue weighted by atomic mass is 19.4. The Bertz CT molecular complexity index is 852. The van der Waals surface area contributed by atoms with Crippen LogP contribution in [0.1, 0.15) is 0 Å². The maximum Gasteiger partial charge on any atom is 0.460 e. The molecule has 0 atom stereocenters. The van der Waals surface area contributed by atoms with Crippen molar-refractivity contribution in [3.05, 3.63) is 0 Å². The number of halogens is 17. The van der Waals surface area contributed by atoms with Crippen molar-refractivity contribution in [3.8, 4) is 0 Å². The molecule has 35 heavy (non-hydrogen) atoms. The van der Waals surface area contributed by atoms with Gasteiger partial charge in [0.15, 0.2) is 0 Å². The van der Waals surface area contributed by atoms with Crippen LogP contribution < -0.4 is 0 Å². The summed E-state index contributed by atoms with van der Waals surface area (Å²) in [6, 6.07) is 0. The van der Waals surface area contributed by atoms with E-state index >= 15 is 0 Å². The Labute approximate surface area is 176 Å². The Morgan fingerprint density at radius 2 is 0.514 bits per heavy atom. The van der Waals surface area contributed by atoms with Crippen molar-refractivity contribution in [2.75, 3.05) is 0 Å². The van der Waals surface area contributed by atoms with E-state index in [1.807, 2.05) is 0 Å². The molecule has 0 aliphatic rings. The summed E-state index contributed by atoms with van der Waals surface area (Å²) in [5.74, 6) is -74.4. The summed E-state index contributed by atoms with van der Waals surface area (Å²) in [5, 5.41) is 25.0. The largest absolute Gasteiger partial charge is 0.480 e. The molecular weight excluding hydrogens is 563 g/mol. The molecular formula is C12H3F17O6. The summed E-state index contributed by atoms with van der Waals surface area (Å²) in [4.78, 5) is 32.0. The van der Waals surface area contributed by atoms with Gasteiger partial charge in [0, 0.05) is 0 Å². The van der Waals surface area contributed by atoms with E-state index in [1.165, 1.54) is 0 Å². The second-order valence-corrected chi connectivity index (χ2v) is 6.18. The number of carboxylic acid groups (broad SMARTS) is 3. The standard InChI is InChI=1S/C12H3F17O6/c13-5(14,4(1(30)31,2(32)33)3(34)35)6(15,16)7(17,18)8(19,20)9(21,22)10(23,24)11(25,26)12(27,28)29/h(H,30,31)(H,32,33)(H,34,35). The molecule has 206 valence electrons. The predicted molar refractivity (Wildman–Crippen MR) is 66.0 cm³/mol. The van der Waals surface area contributed by atoms with Crippen molar-refractivity contribution in [1.29, 1.82) is 0 Å². The molecule has 0 fully saturated rings. The topological polar surface area (TPSA) is 112 Å². The van der Waals surface area contributed by atoms with Crippen LogP contribution in [0.5, 0.6) is 0 Å². The highest BCUT2D eigenvalue weighted by Gasteiger charge is 2.97. The van der Waals surface area contributed by atoms with Gasteiger partial charge in [-0.1, -0.05) is 0 Å². The van der Waals surface area contributed by atoms with Gasteiger partial charge < -0.3 is 15.3 Å². The normalized spacial score (nSPS) is 15.7. The molecule has 0 aromatic rings. The molecule has 0 radical (unpaired) electrons. The van der Waals surface area contributed by atoms with Crippen molar-refractivity contribution in [1.82, 2.24) is 0 Å². The van der Waals surface area contributed by atoms with Gasteiger partial charge >= 0.3 is 71.0 Å². The number of hydrogen-bond acceptors (Lipinski definition) is 3. The second kappa shape index (κ2) is 7.86. The van der Waals surface area contributed by atoms with Crippen molar-refractivity contribution < 1.29 is 104 Å². The first kappa shape index (κ1) is 32.2. The lowest BCUT2D eigenvalue weighted by atomic mass is 9.74. The smallest absolute Gasteiger partial charge is 0.460 e. The number of carboxylic acids is 3. The lowest BCUT2D eigenvalue weighted by molar-refractivity contribution is -0.464. The Kier molecular flexibility index (Phi) is 7.24. The number of carbonyl (C=O) groups is 3. The zero-order chi connectivity index (χ0) is 29.2. The van der Waals surface area contributed by atoms with Gasteiger partial charge in [-0.25, -0.2) is 0 Å². The van der Waals surface area contributed by atoms with Crippen LogP contribution in [0.3, 0.4) is 0 Å². The van der Waals surface area contributed by atoms with Crippen molar-refractivity contribution in [2.24, 2.45) is 5.41 Å². The highest BCUT2D eigenvalue weighted by Crippen LogP contribution is 2.65. The second-order valence-electron chi connectivity index (χ2n) is 6.18. The molecule has 3 N–H and O–H groups in total. The SMILES string of the molecule is O=C(O)C(C(=O)O)(C(=O)O)C(F)(F)C(F)(F)C(F)(F)C(F)(F)C(F)(F)C(F)(F)C(F)(F)C(F)(F)F. The molecule has 0 heterocycles. The van der Waals surface area contributed by atoms with Gasteiger partial charge in [-0.2, -0.15) is 74.6 Å². The third kappa shape index (κ3) is 3.50. The number of hydrogen-bond donors (Lipinski definition) is 3. The Morgan fingerprint density at radius 3 is 0.686 bits per heavy atom. The van der Waals surface area contributed by atoms with Gasteiger partial charge in [0.1, 0.15) is 0 Å². The summed E-state index contributed by atoms with van der Waals surface area (Å²) < 4.78 is 223. The van der Waals surface area contributed by atoms with E-state index in [1.54, 1.807) is 0 Å². The first-order chi connectivity index (χ1) is 14.8. The molecule has 23 heteroatoms. The molecule has 6 nitrogen and oxygen atoms in total. The zero-order valence-corrected chi connectivity index (χ0v) is 15.0. The predicted octanol–water partition coefficient (Wildman–Crippen LogP) is 4.24. The minimum Gasteiger partial charge on any atom is -0.480 e. The molecule has 0 spiro atoms. The summed E-state index contributed by atoms with van der Waals surface area (Å²) in [7, 11) is 0. The van der Waals surface area contributed by atoms with Crippen LogP contribution in [0, 0.1) is 5.41 Å². The summed E-state index contributed by atoms with van der Waals surface area (Å²) in [5.41, 5.74) is -6.68. The third-order valence-electron chi connectivity index (χ3n) is 4.16.